The molecule has 5 rings (SSSR count). The third-order valence-corrected chi connectivity index (χ3v) is 6.53. The van der Waals surface area contributed by atoms with Crippen LogP contribution in [0.3, 0.4) is 0 Å². The van der Waals surface area contributed by atoms with Crippen molar-refractivity contribution in [2.24, 2.45) is 0 Å². The fourth-order valence-electron chi connectivity index (χ4n) is 4.61. The van der Waals surface area contributed by atoms with E-state index in [0.717, 1.165) is 11.1 Å². The van der Waals surface area contributed by atoms with Gasteiger partial charge >= 0.3 is 0 Å². The number of likely N-dealkylation sites (tertiary alicyclic amines) is 1. The van der Waals surface area contributed by atoms with Gasteiger partial charge in [-0.1, -0.05) is 48.5 Å². The van der Waals surface area contributed by atoms with Crippen molar-refractivity contribution in [3.05, 3.63) is 131 Å². The van der Waals surface area contributed by atoms with Crippen molar-refractivity contribution >= 4 is 17.4 Å². The first-order valence-corrected chi connectivity index (χ1v) is 12.2. The minimum atomic E-state index is -0.843. The van der Waals surface area contributed by atoms with Crippen LogP contribution in [0.25, 0.3) is 5.76 Å². The molecule has 0 saturated carbocycles. The van der Waals surface area contributed by atoms with Crippen molar-refractivity contribution in [2.45, 2.75) is 26.1 Å². The van der Waals surface area contributed by atoms with Gasteiger partial charge in [0.1, 0.15) is 23.9 Å². The summed E-state index contributed by atoms with van der Waals surface area (Å²) in [5.41, 5.74) is 3.48. The number of carbonyl (C=O) groups is 2. The normalized spacial score (nSPS) is 16.6. The van der Waals surface area contributed by atoms with Crippen LogP contribution < -0.4 is 4.74 Å². The lowest BCUT2D eigenvalue weighted by atomic mass is 9.93. The number of hydrogen-bond acceptors (Lipinski definition) is 6. The number of benzene rings is 3. The minimum Gasteiger partial charge on any atom is -0.508 e. The first-order chi connectivity index (χ1) is 18.4. The van der Waals surface area contributed by atoms with Crippen molar-refractivity contribution in [1.29, 1.82) is 0 Å². The first kappa shape index (κ1) is 24.8. The lowest BCUT2D eigenvalue weighted by Gasteiger charge is -2.25. The van der Waals surface area contributed by atoms with E-state index in [4.69, 9.17) is 4.74 Å². The van der Waals surface area contributed by atoms with Gasteiger partial charge in [-0.15, -0.1) is 0 Å². The second-order valence-corrected chi connectivity index (χ2v) is 9.13. The summed E-state index contributed by atoms with van der Waals surface area (Å²) in [5, 5.41) is 21.2. The molecule has 2 N–H and O–H groups in total. The van der Waals surface area contributed by atoms with Gasteiger partial charge in [-0.3, -0.25) is 14.6 Å². The van der Waals surface area contributed by atoms with E-state index in [1.54, 1.807) is 48.8 Å². The Morgan fingerprint density at radius 1 is 0.947 bits per heavy atom. The molecule has 3 aromatic carbocycles. The summed E-state index contributed by atoms with van der Waals surface area (Å²) in [5.74, 6) is -1.07. The van der Waals surface area contributed by atoms with Gasteiger partial charge in [-0.2, -0.15) is 0 Å². The van der Waals surface area contributed by atoms with Crippen LogP contribution in [-0.2, 0) is 22.7 Å². The summed E-state index contributed by atoms with van der Waals surface area (Å²) in [6.45, 7) is 2.34. The Morgan fingerprint density at radius 2 is 1.68 bits per heavy atom. The van der Waals surface area contributed by atoms with Crippen molar-refractivity contribution in [3.8, 4) is 11.5 Å². The lowest BCUT2D eigenvalue weighted by molar-refractivity contribution is -0.140. The number of Topliss-reactive ketones (excluding diaryl/α,β-unsaturated/α-hetero) is 1. The Bertz CT molecular complexity index is 1500. The smallest absolute Gasteiger partial charge is 0.295 e. The molecule has 0 unspecified atom stereocenters. The number of hydrogen-bond donors (Lipinski definition) is 2. The number of aromatic hydroxyl groups is 1. The zero-order chi connectivity index (χ0) is 26.6. The molecule has 7 nitrogen and oxygen atoms in total. The molecule has 1 amide bonds. The van der Waals surface area contributed by atoms with E-state index in [-0.39, 0.29) is 23.6 Å². The van der Waals surface area contributed by atoms with Crippen molar-refractivity contribution < 1.29 is 24.5 Å². The van der Waals surface area contributed by atoms with Crippen LogP contribution in [0.1, 0.15) is 33.9 Å². The van der Waals surface area contributed by atoms with Crippen LogP contribution >= 0.6 is 0 Å². The molecule has 1 fully saturated rings. The number of aliphatic hydroxyl groups is 1. The van der Waals surface area contributed by atoms with E-state index in [1.165, 1.54) is 17.0 Å². The number of aromatic nitrogens is 1. The molecule has 1 atom stereocenters. The summed E-state index contributed by atoms with van der Waals surface area (Å²) in [7, 11) is 0. The number of aryl methyl sites for hydroxylation is 1. The summed E-state index contributed by atoms with van der Waals surface area (Å²) >= 11 is 0. The van der Waals surface area contributed by atoms with Gasteiger partial charge in [0.2, 0.25) is 0 Å². The number of rotatable bonds is 7. The number of ether oxygens (including phenoxy) is 1. The minimum absolute atomic E-state index is 0.00867. The molecule has 1 aliphatic heterocycles. The van der Waals surface area contributed by atoms with Crippen LogP contribution in [0.5, 0.6) is 11.5 Å². The van der Waals surface area contributed by atoms with E-state index in [2.05, 4.69) is 4.98 Å². The van der Waals surface area contributed by atoms with Gasteiger partial charge < -0.3 is 19.8 Å². The van der Waals surface area contributed by atoms with E-state index in [0.29, 0.717) is 29.0 Å². The van der Waals surface area contributed by atoms with Crippen molar-refractivity contribution in [3.63, 3.8) is 0 Å². The zero-order valence-electron chi connectivity index (χ0n) is 20.7. The van der Waals surface area contributed by atoms with Crippen molar-refractivity contribution in [1.82, 2.24) is 9.88 Å². The highest BCUT2D eigenvalue weighted by Gasteiger charge is 2.46. The fraction of sp³-hybridized carbons (Fsp3) is 0.129. The monoisotopic (exact) mass is 506 g/mol. The molecular formula is C31H26N2O5. The number of nitrogens with zero attached hydrogens (tertiary/aromatic N) is 2. The fourth-order valence-corrected chi connectivity index (χ4v) is 4.61. The molecule has 1 aliphatic rings. The summed E-state index contributed by atoms with van der Waals surface area (Å²) < 4.78 is 5.90. The maximum atomic E-state index is 13.3. The number of phenols is 1. The van der Waals surface area contributed by atoms with E-state index in [1.807, 2.05) is 43.3 Å². The Balaban J connectivity index is 1.52. The topological polar surface area (TPSA) is 100.0 Å². The summed E-state index contributed by atoms with van der Waals surface area (Å²) in [6, 6.07) is 24.0. The highest BCUT2D eigenvalue weighted by Crippen LogP contribution is 2.41. The van der Waals surface area contributed by atoms with Crippen LogP contribution in [0.4, 0.5) is 0 Å². The third kappa shape index (κ3) is 4.99. The number of amides is 1. The predicted octanol–water partition coefficient (Wildman–Crippen LogP) is 5.30. The van der Waals surface area contributed by atoms with Crippen LogP contribution in [0, 0.1) is 6.92 Å². The summed E-state index contributed by atoms with van der Waals surface area (Å²) in [4.78, 5) is 32.0. The number of aliphatic hydroxyl groups excluding tert-OH is 1. The quantitative estimate of drug-likeness (QED) is 0.201. The number of carbonyl (C=O) groups excluding carboxylic acids is 2. The molecular weight excluding hydrogens is 480 g/mol. The van der Waals surface area contributed by atoms with Gasteiger partial charge in [-0.25, -0.2) is 0 Å². The van der Waals surface area contributed by atoms with Gasteiger partial charge in [-0.05, 0) is 65.6 Å². The SMILES string of the molecule is Cc1cc(OCc2ccccc2)ccc1/C(O)=C1\C(=O)C(=O)N(Cc2cccnc2)[C@H]1c1ccc(O)cc1. The van der Waals surface area contributed by atoms with E-state index in [9.17, 15) is 19.8 Å². The second-order valence-electron chi connectivity index (χ2n) is 9.13. The second kappa shape index (κ2) is 10.6. The Hall–Kier alpha value is -4.91. The average molecular weight is 507 g/mol. The Morgan fingerprint density at radius 3 is 2.37 bits per heavy atom. The van der Waals surface area contributed by atoms with Crippen LogP contribution in [0.2, 0.25) is 0 Å². The molecule has 0 bridgehead atoms. The number of phenolic OH excluding ortho intramolecular Hbond substituents is 1. The molecule has 190 valence electrons. The van der Waals surface area contributed by atoms with Gasteiger partial charge in [0.15, 0.2) is 0 Å². The summed E-state index contributed by atoms with van der Waals surface area (Å²) in [6.07, 6.45) is 3.26. The van der Waals surface area contributed by atoms with Crippen LogP contribution in [-0.4, -0.2) is 31.8 Å². The predicted molar refractivity (Wildman–Crippen MR) is 142 cm³/mol. The number of pyridine rings is 1. The zero-order valence-corrected chi connectivity index (χ0v) is 20.7. The molecule has 38 heavy (non-hydrogen) atoms. The molecule has 0 radical (unpaired) electrons. The molecule has 4 aromatic rings. The Kier molecular flexibility index (Phi) is 6.91. The largest absolute Gasteiger partial charge is 0.508 e. The molecule has 7 heteroatoms. The molecule has 1 saturated heterocycles. The van der Waals surface area contributed by atoms with Gasteiger partial charge in [0.25, 0.3) is 11.7 Å². The average Bonchev–Trinajstić information content (AvgIpc) is 3.18. The standard InChI is InChI=1S/C31H26N2O5/c1-20-16-25(38-19-21-6-3-2-4-7-21)13-14-26(20)29(35)27-28(23-9-11-24(34)12-10-23)33(31(37)30(27)36)18-22-8-5-15-32-17-22/h2-17,28,34-35H,18-19H2,1H3/b29-27+/t28-/m0/s1. The van der Waals surface area contributed by atoms with E-state index < -0.39 is 17.7 Å². The van der Waals surface area contributed by atoms with Crippen LogP contribution in [0.15, 0.2) is 103 Å². The molecule has 2 heterocycles. The number of ketones is 1. The molecule has 0 aliphatic carbocycles. The first-order valence-electron chi connectivity index (χ1n) is 12.2. The lowest BCUT2D eigenvalue weighted by Crippen LogP contribution is -2.29. The maximum Gasteiger partial charge on any atom is 0.295 e. The highest BCUT2D eigenvalue weighted by molar-refractivity contribution is 6.46. The Labute approximate surface area is 220 Å². The third-order valence-electron chi connectivity index (χ3n) is 6.53. The maximum absolute atomic E-state index is 13.3. The van der Waals surface area contributed by atoms with E-state index >= 15 is 0 Å². The molecule has 1 aromatic heterocycles. The highest BCUT2D eigenvalue weighted by atomic mass is 16.5. The van der Waals surface area contributed by atoms with Gasteiger partial charge in [0, 0.05) is 24.5 Å². The van der Waals surface area contributed by atoms with Crippen molar-refractivity contribution in [2.75, 3.05) is 0 Å². The van der Waals surface area contributed by atoms with Gasteiger partial charge in [0.05, 0.1) is 11.6 Å². The molecule has 0 spiro atoms.